The Bertz CT molecular complexity index is 2010. The molecular formula is C35H38F3N7O6S. The minimum absolute atomic E-state index is 0.0112. The molecule has 0 unspecified atom stereocenters. The van der Waals surface area contributed by atoms with Gasteiger partial charge < -0.3 is 19.5 Å². The molecule has 2 saturated heterocycles. The van der Waals surface area contributed by atoms with Crippen LogP contribution in [0.1, 0.15) is 42.5 Å². The molecule has 0 aliphatic carbocycles. The molecule has 0 saturated carbocycles. The molecule has 0 bridgehead atoms. The van der Waals surface area contributed by atoms with Crippen LogP contribution < -0.4 is 14.8 Å². The van der Waals surface area contributed by atoms with Crippen molar-refractivity contribution in [1.29, 1.82) is 0 Å². The van der Waals surface area contributed by atoms with Gasteiger partial charge in [0.15, 0.2) is 0 Å². The van der Waals surface area contributed by atoms with Gasteiger partial charge in [0.25, 0.3) is 0 Å². The van der Waals surface area contributed by atoms with Crippen LogP contribution in [0.3, 0.4) is 0 Å². The van der Waals surface area contributed by atoms with E-state index in [1.807, 2.05) is 30.5 Å². The molecule has 1 amide bonds. The molecule has 3 aliphatic rings. The van der Waals surface area contributed by atoms with Crippen LogP contribution in [0.4, 0.5) is 13.2 Å². The first-order valence-corrected chi connectivity index (χ1v) is 18.3. The number of pyridine rings is 1. The molecule has 276 valence electrons. The highest BCUT2D eigenvalue weighted by Gasteiger charge is 2.48. The van der Waals surface area contributed by atoms with Gasteiger partial charge in [0, 0.05) is 57.0 Å². The average Bonchev–Trinajstić information content (AvgIpc) is 3.80. The van der Waals surface area contributed by atoms with Gasteiger partial charge in [-0.2, -0.15) is 17.5 Å². The molecule has 5 heterocycles. The largest absolute Gasteiger partial charge is 0.494 e. The highest BCUT2D eigenvalue weighted by molar-refractivity contribution is 7.89. The maximum absolute atomic E-state index is 14.3. The van der Waals surface area contributed by atoms with Crippen LogP contribution in [0.2, 0.25) is 0 Å². The van der Waals surface area contributed by atoms with Crippen molar-refractivity contribution in [3.05, 3.63) is 90.0 Å². The molecule has 2 aromatic carbocycles. The third kappa shape index (κ3) is 7.49. The Kier molecular flexibility index (Phi) is 9.95. The Hall–Kier alpha value is -4.58. The van der Waals surface area contributed by atoms with Crippen molar-refractivity contribution in [2.45, 2.75) is 67.6 Å². The summed E-state index contributed by atoms with van der Waals surface area (Å²) in [6, 6.07) is 12.3. The van der Waals surface area contributed by atoms with E-state index in [-0.39, 0.29) is 31.9 Å². The second-order valence-electron chi connectivity index (χ2n) is 13.3. The number of methoxy groups -OCH3 is 1. The zero-order valence-corrected chi connectivity index (χ0v) is 29.1. The number of amides is 1. The minimum atomic E-state index is -4.81. The number of carbonyl (C=O) groups excluding carboxylic acids is 1. The number of hydrogen-bond donors (Lipinski definition) is 1. The summed E-state index contributed by atoms with van der Waals surface area (Å²) < 4.78 is 90.0. The van der Waals surface area contributed by atoms with E-state index < -0.39 is 50.3 Å². The molecule has 0 radical (unpaired) electrons. The van der Waals surface area contributed by atoms with Gasteiger partial charge in [-0.25, -0.2) is 13.1 Å². The zero-order chi connectivity index (χ0) is 36.5. The number of piperidine rings is 1. The first-order valence-electron chi connectivity index (χ1n) is 16.9. The molecule has 2 fully saturated rings. The Morgan fingerprint density at radius 2 is 1.88 bits per heavy atom. The van der Waals surface area contributed by atoms with Crippen LogP contribution in [-0.2, 0) is 38.9 Å². The van der Waals surface area contributed by atoms with Crippen molar-refractivity contribution >= 4 is 15.9 Å². The molecule has 17 heteroatoms. The first-order chi connectivity index (χ1) is 24.9. The fraction of sp³-hybridized carbons (Fsp3) is 0.429. The quantitative estimate of drug-likeness (QED) is 0.296. The van der Waals surface area contributed by atoms with Gasteiger partial charge in [0.1, 0.15) is 33.8 Å². The van der Waals surface area contributed by atoms with E-state index in [9.17, 15) is 26.4 Å². The fourth-order valence-corrected chi connectivity index (χ4v) is 8.85. The maximum atomic E-state index is 14.3. The van der Waals surface area contributed by atoms with E-state index >= 15 is 0 Å². The molecule has 7 rings (SSSR count). The number of benzene rings is 2. The molecule has 3 aliphatic heterocycles. The standard InChI is InChI=1S/C35H38F3N7O6S/c1-49-30-7-3-2-6-28(30)44-21-26(41-42-44)23-51-27-18-29-33(46)40-34(10-14-43(15-11-34)20-24-5-4-13-39-19-24)12-16-50-31-9-8-25(35(36,37)38)17-32(31)52(47,48)45(29)22-27/h2-9,13,17,19,21,27,29H,10-12,14-16,18,20,22-23H2,1H3,(H,40,46)/t27-,29+/m1/s1. The Labute approximate surface area is 298 Å². The topological polar surface area (TPSA) is 141 Å². The van der Waals surface area contributed by atoms with E-state index in [2.05, 4.69) is 25.5 Å². The number of nitrogens with zero attached hydrogens (tertiary/aromatic N) is 6. The third-order valence-corrected chi connectivity index (χ3v) is 11.8. The fourth-order valence-electron chi connectivity index (χ4n) is 7.06. The summed E-state index contributed by atoms with van der Waals surface area (Å²) in [5.41, 5.74) is 0.272. The van der Waals surface area contributed by atoms with Gasteiger partial charge in [0.2, 0.25) is 15.9 Å². The summed E-state index contributed by atoms with van der Waals surface area (Å²) in [7, 11) is -3.14. The number of aromatic nitrogens is 4. The van der Waals surface area contributed by atoms with Gasteiger partial charge in [-0.1, -0.05) is 23.4 Å². The van der Waals surface area contributed by atoms with E-state index in [4.69, 9.17) is 14.2 Å². The third-order valence-electron chi connectivity index (χ3n) is 9.89. The normalized spacial score (nSPS) is 22.1. The molecule has 2 atom stereocenters. The number of para-hydroxylation sites is 2. The number of fused-ring (bicyclic) bond motifs is 2. The zero-order valence-electron chi connectivity index (χ0n) is 28.3. The maximum Gasteiger partial charge on any atom is 0.416 e. The molecule has 1 spiro atoms. The number of hydrogen-bond acceptors (Lipinski definition) is 10. The van der Waals surface area contributed by atoms with Crippen LogP contribution in [0.25, 0.3) is 5.69 Å². The van der Waals surface area contributed by atoms with Crippen molar-refractivity contribution in [1.82, 2.24) is 34.5 Å². The Morgan fingerprint density at radius 3 is 2.63 bits per heavy atom. The van der Waals surface area contributed by atoms with Gasteiger partial charge in [-0.05, 0) is 54.8 Å². The smallest absolute Gasteiger partial charge is 0.416 e. The van der Waals surface area contributed by atoms with Crippen molar-refractivity contribution < 1.29 is 40.6 Å². The Balaban J connectivity index is 1.14. The second kappa shape index (κ2) is 14.4. The number of alkyl halides is 3. The Morgan fingerprint density at radius 1 is 1.08 bits per heavy atom. The summed E-state index contributed by atoms with van der Waals surface area (Å²) in [5, 5.41) is 11.5. The molecule has 4 aromatic rings. The second-order valence-corrected chi connectivity index (χ2v) is 15.1. The summed E-state index contributed by atoms with van der Waals surface area (Å²) >= 11 is 0. The lowest BCUT2D eigenvalue weighted by atomic mass is 9.84. The summed E-state index contributed by atoms with van der Waals surface area (Å²) in [6.07, 6.45) is 1.01. The van der Waals surface area contributed by atoms with Crippen LogP contribution >= 0.6 is 0 Å². The van der Waals surface area contributed by atoms with Gasteiger partial charge in [-0.3, -0.25) is 14.7 Å². The molecule has 52 heavy (non-hydrogen) atoms. The number of likely N-dealkylation sites (tertiary alicyclic amines) is 1. The van der Waals surface area contributed by atoms with Crippen molar-refractivity contribution in [2.24, 2.45) is 0 Å². The van der Waals surface area contributed by atoms with Gasteiger partial charge >= 0.3 is 6.18 Å². The minimum Gasteiger partial charge on any atom is -0.494 e. The lowest BCUT2D eigenvalue weighted by molar-refractivity contribution is -0.137. The van der Waals surface area contributed by atoms with Crippen LogP contribution in [0, 0.1) is 0 Å². The summed E-state index contributed by atoms with van der Waals surface area (Å²) in [4.78, 5) is 20.0. The summed E-state index contributed by atoms with van der Waals surface area (Å²) in [5.74, 6) is -0.163. The van der Waals surface area contributed by atoms with Gasteiger partial charge in [0.05, 0.1) is 38.2 Å². The highest BCUT2D eigenvalue weighted by atomic mass is 32.2. The van der Waals surface area contributed by atoms with E-state index in [0.717, 1.165) is 22.0 Å². The lowest BCUT2D eigenvalue weighted by Gasteiger charge is -2.43. The predicted molar refractivity (Wildman–Crippen MR) is 180 cm³/mol. The molecule has 13 nitrogen and oxygen atoms in total. The molecular weight excluding hydrogens is 703 g/mol. The summed E-state index contributed by atoms with van der Waals surface area (Å²) in [6.45, 7) is 1.63. The number of nitrogens with one attached hydrogen (secondary N) is 1. The lowest BCUT2D eigenvalue weighted by Crippen LogP contribution is -2.59. The van der Waals surface area contributed by atoms with E-state index in [0.29, 0.717) is 62.1 Å². The highest BCUT2D eigenvalue weighted by Crippen LogP contribution is 2.39. The molecule has 2 aromatic heterocycles. The van der Waals surface area contributed by atoms with Crippen molar-refractivity contribution in [3.63, 3.8) is 0 Å². The number of ether oxygens (including phenoxy) is 3. The number of rotatable bonds is 7. The van der Waals surface area contributed by atoms with E-state index in [1.165, 1.54) is 11.8 Å². The SMILES string of the molecule is COc1ccccc1-n1cc(CO[C@@H]2C[C@H]3C(=O)NC4(CCOc5ccc(C(F)(F)F)cc5S(=O)(=O)N3C2)CCN(Cc2cccnc2)CC4)nn1. The van der Waals surface area contributed by atoms with Crippen LogP contribution in [0.5, 0.6) is 11.5 Å². The number of sulfonamides is 1. The van der Waals surface area contributed by atoms with Gasteiger partial charge in [-0.15, -0.1) is 5.10 Å². The first kappa shape index (κ1) is 35.8. The number of halogens is 3. The van der Waals surface area contributed by atoms with Crippen LogP contribution in [0.15, 0.2) is 78.1 Å². The monoisotopic (exact) mass is 741 g/mol. The predicted octanol–water partition coefficient (Wildman–Crippen LogP) is 3.97. The van der Waals surface area contributed by atoms with Crippen molar-refractivity contribution in [3.8, 4) is 17.2 Å². The average molecular weight is 742 g/mol. The van der Waals surface area contributed by atoms with Crippen molar-refractivity contribution in [2.75, 3.05) is 33.4 Å². The molecule has 1 N–H and O–H groups in total. The number of carbonyl (C=O) groups is 1. The van der Waals surface area contributed by atoms with Crippen LogP contribution in [-0.4, -0.2) is 94.5 Å². The van der Waals surface area contributed by atoms with E-state index in [1.54, 1.807) is 24.5 Å².